The molecule has 0 unspecified atom stereocenters. The molecule has 1 aromatic carbocycles. The lowest BCUT2D eigenvalue weighted by atomic mass is 9.88. The van der Waals surface area contributed by atoms with E-state index in [2.05, 4.69) is 15.5 Å². The van der Waals surface area contributed by atoms with Crippen LogP contribution in [0.1, 0.15) is 51.4 Å². The third-order valence-electron chi connectivity index (χ3n) is 7.52. The van der Waals surface area contributed by atoms with Gasteiger partial charge in [-0.3, -0.25) is 14.5 Å². The fourth-order valence-corrected chi connectivity index (χ4v) is 5.50. The van der Waals surface area contributed by atoms with E-state index < -0.39 is 0 Å². The molecule has 35 heavy (non-hydrogen) atoms. The Bertz CT molecular complexity index is 980. The summed E-state index contributed by atoms with van der Waals surface area (Å²) in [5, 5.41) is 11.4. The highest BCUT2D eigenvalue weighted by atomic mass is 16.5. The Morgan fingerprint density at radius 2 is 1.71 bits per heavy atom. The van der Waals surface area contributed by atoms with Gasteiger partial charge >= 0.3 is 0 Å². The molecule has 1 N–H and O–H groups in total. The van der Waals surface area contributed by atoms with E-state index in [0.717, 1.165) is 63.2 Å². The number of hydrogen-bond acceptors (Lipinski definition) is 6. The van der Waals surface area contributed by atoms with Gasteiger partial charge in [-0.15, -0.1) is 5.10 Å². The van der Waals surface area contributed by atoms with E-state index in [1.165, 1.54) is 19.3 Å². The predicted octanol–water partition coefficient (Wildman–Crippen LogP) is 3.70. The first kappa shape index (κ1) is 23.7. The number of hydrogen-bond donors (Lipinski definition) is 1. The van der Waals surface area contributed by atoms with Crippen LogP contribution < -0.4 is 15.0 Å². The second-order valence-electron chi connectivity index (χ2n) is 9.92. The first-order chi connectivity index (χ1) is 17.2. The van der Waals surface area contributed by atoms with Crippen LogP contribution in [0.15, 0.2) is 42.6 Å². The van der Waals surface area contributed by atoms with Gasteiger partial charge in [0.1, 0.15) is 11.9 Å². The molecule has 8 nitrogen and oxygen atoms in total. The van der Waals surface area contributed by atoms with Gasteiger partial charge in [0.25, 0.3) is 0 Å². The van der Waals surface area contributed by atoms with Gasteiger partial charge in [0.05, 0.1) is 11.6 Å². The summed E-state index contributed by atoms with van der Waals surface area (Å²) in [5.74, 6) is 1.83. The predicted molar refractivity (Wildman–Crippen MR) is 133 cm³/mol. The van der Waals surface area contributed by atoms with E-state index in [-0.39, 0.29) is 23.8 Å². The van der Waals surface area contributed by atoms with Crippen LogP contribution in [0, 0.1) is 11.8 Å². The van der Waals surface area contributed by atoms with Crippen molar-refractivity contribution >= 4 is 23.3 Å². The maximum absolute atomic E-state index is 13.3. The fourth-order valence-electron chi connectivity index (χ4n) is 5.50. The van der Waals surface area contributed by atoms with Gasteiger partial charge < -0.3 is 15.0 Å². The Labute approximate surface area is 207 Å². The molecule has 0 radical (unpaired) electrons. The number of nitrogens with one attached hydrogen (secondary N) is 1. The largest absolute Gasteiger partial charge is 0.490 e. The molecular weight excluding hydrogens is 442 g/mol. The first-order valence-corrected chi connectivity index (χ1v) is 13.1. The highest BCUT2D eigenvalue weighted by Crippen LogP contribution is 2.30. The van der Waals surface area contributed by atoms with Gasteiger partial charge in [-0.25, -0.2) is 0 Å². The zero-order valence-corrected chi connectivity index (χ0v) is 20.3. The van der Waals surface area contributed by atoms with Crippen LogP contribution >= 0.6 is 0 Å². The molecule has 5 rings (SSSR count). The summed E-state index contributed by atoms with van der Waals surface area (Å²) in [6.07, 6.45) is 9.94. The minimum atomic E-state index is -0.0746. The maximum Gasteiger partial charge on any atom is 0.237 e. The van der Waals surface area contributed by atoms with E-state index in [1.807, 2.05) is 29.2 Å². The molecule has 1 atom stereocenters. The lowest BCUT2D eigenvalue weighted by Crippen LogP contribution is -2.44. The molecule has 1 saturated carbocycles. The number of nitrogens with zero attached hydrogens (tertiary/aromatic N) is 4. The van der Waals surface area contributed by atoms with Gasteiger partial charge in [-0.2, -0.15) is 5.10 Å². The second kappa shape index (κ2) is 11.2. The van der Waals surface area contributed by atoms with Crippen LogP contribution in [0.2, 0.25) is 0 Å². The normalized spacial score (nSPS) is 21.6. The van der Waals surface area contributed by atoms with Gasteiger partial charge in [0, 0.05) is 44.6 Å². The van der Waals surface area contributed by atoms with Crippen molar-refractivity contribution in [3.63, 3.8) is 0 Å². The third-order valence-corrected chi connectivity index (χ3v) is 7.52. The van der Waals surface area contributed by atoms with Crippen molar-refractivity contribution in [3.05, 3.63) is 42.6 Å². The van der Waals surface area contributed by atoms with Gasteiger partial charge in [-0.05, 0) is 62.2 Å². The first-order valence-electron chi connectivity index (χ1n) is 13.1. The van der Waals surface area contributed by atoms with Crippen molar-refractivity contribution in [2.45, 2.75) is 57.5 Å². The van der Waals surface area contributed by atoms with E-state index in [9.17, 15) is 9.59 Å². The summed E-state index contributed by atoms with van der Waals surface area (Å²) in [7, 11) is 0. The number of likely N-dealkylation sites (tertiary alicyclic amines) is 1. The summed E-state index contributed by atoms with van der Waals surface area (Å²) in [6, 6.07) is 11.2. The molecule has 0 spiro atoms. The number of benzene rings is 1. The Hall–Kier alpha value is -3.00. The zero-order chi connectivity index (χ0) is 24.0. The smallest absolute Gasteiger partial charge is 0.237 e. The number of anilines is 2. The summed E-state index contributed by atoms with van der Waals surface area (Å²) < 4.78 is 6.25. The van der Waals surface area contributed by atoms with Gasteiger partial charge in [-0.1, -0.05) is 19.3 Å². The number of ether oxygens (including phenoxy) is 1. The molecule has 186 valence electrons. The van der Waals surface area contributed by atoms with Crippen molar-refractivity contribution in [2.75, 3.05) is 31.1 Å². The van der Waals surface area contributed by atoms with Crippen LogP contribution in [-0.2, 0) is 9.59 Å². The van der Waals surface area contributed by atoms with Crippen molar-refractivity contribution in [2.24, 2.45) is 11.8 Å². The maximum atomic E-state index is 13.3. The summed E-state index contributed by atoms with van der Waals surface area (Å²) in [6.45, 7) is 3.06. The lowest BCUT2D eigenvalue weighted by Gasteiger charge is -2.35. The van der Waals surface area contributed by atoms with Crippen molar-refractivity contribution in [3.8, 4) is 5.75 Å². The molecular formula is C27H35N5O3. The third kappa shape index (κ3) is 5.64. The van der Waals surface area contributed by atoms with Crippen molar-refractivity contribution in [1.82, 2.24) is 20.4 Å². The molecule has 2 amide bonds. The fraction of sp³-hybridized carbons (Fsp3) is 0.556. The number of piperidine rings is 1. The minimum Gasteiger partial charge on any atom is -0.490 e. The zero-order valence-electron chi connectivity index (χ0n) is 20.3. The average molecular weight is 478 g/mol. The molecule has 2 aromatic rings. The Kier molecular flexibility index (Phi) is 7.57. The highest BCUT2D eigenvalue weighted by molar-refractivity contribution is 6.01. The molecule has 3 heterocycles. The Morgan fingerprint density at radius 1 is 0.943 bits per heavy atom. The minimum absolute atomic E-state index is 0.0270. The molecule has 1 aromatic heterocycles. The molecule has 2 aliphatic heterocycles. The monoisotopic (exact) mass is 477 g/mol. The van der Waals surface area contributed by atoms with Crippen LogP contribution in [0.25, 0.3) is 0 Å². The summed E-state index contributed by atoms with van der Waals surface area (Å²) in [5.41, 5.74) is 0.752. The number of aromatic nitrogens is 2. The lowest BCUT2D eigenvalue weighted by molar-refractivity contribution is -0.138. The van der Waals surface area contributed by atoms with Crippen molar-refractivity contribution in [1.29, 1.82) is 0 Å². The molecule has 0 bridgehead atoms. The second-order valence-corrected chi connectivity index (χ2v) is 9.92. The van der Waals surface area contributed by atoms with E-state index in [1.54, 1.807) is 23.2 Å². The summed E-state index contributed by atoms with van der Waals surface area (Å²) in [4.78, 5) is 29.8. The topological polar surface area (TPSA) is 87.7 Å². The molecule has 2 saturated heterocycles. The van der Waals surface area contributed by atoms with E-state index in [0.29, 0.717) is 18.3 Å². The Balaban J connectivity index is 1.20. The van der Waals surface area contributed by atoms with Crippen molar-refractivity contribution < 1.29 is 14.3 Å². The number of rotatable bonds is 6. The SMILES string of the molecule is O=C(C1CCCCC1)N1CCC(Oc2ccc(N(C(=O)[C@H]3CCNC3)c3cccnn3)cc2)CC1. The number of carbonyl (C=O) groups excluding carboxylic acids is 2. The summed E-state index contributed by atoms with van der Waals surface area (Å²) >= 11 is 0. The van der Waals surface area contributed by atoms with Crippen LogP contribution in [0.3, 0.4) is 0 Å². The highest BCUT2D eigenvalue weighted by Gasteiger charge is 2.31. The average Bonchev–Trinajstić information content (AvgIpc) is 3.46. The number of amides is 2. The molecule has 3 fully saturated rings. The van der Waals surface area contributed by atoms with E-state index >= 15 is 0 Å². The van der Waals surface area contributed by atoms with Gasteiger partial charge in [0.2, 0.25) is 11.8 Å². The van der Waals surface area contributed by atoms with E-state index in [4.69, 9.17) is 4.74 Å². The standard InChI is InChI=1S/C27H35N5O3/c33-26(20-5-2-1-3-6-20)31-17-13-24(14-18-31)35-23-10-8-22(9-11-23)32(25-7-4-15-29-30-25)27(34)21-12-16-28-19-21/h4,7-11,15,20-21,24,28H,1-3,5-6,12-14,16-19H2/t21-/m0/s1. The quantitative estimate of drug-likeness (QED) is 0.683. The van der Waals surface area contributed by atoms with Crippen LogP contribution in [-0.4, -0.2) is 59.2 Å². The molecule has 8 heteroatoms. The molecule has 1 aliphatic carbocycles. The Morgan fingerprint density at radius 3 is 2.37 bits per heavy atom. The van der Waals surface area contributed by atoms with Crippen LogP contribution in [0.4, 0.5) is 11.5 Å². The van der Waals surface area contributed by atoms with Gasteiger partial charge in [0.15, 0.2) is 5.82 Å². The van der Waals surface area contributed by atoms with Crippen LogP contribution in [0.5, 0.6) is 5.75 Å². The number of carbonyl (C=O) groups is 2. The molecule has 3 aliphatic rings.